The number of carbonyl (C=O) groups excluding carboxylic acids is 2. The summed E-state index contributed by atoms with van der Waals surface area (Å²) in [6.07, 6.45) is 1.98. The molecule has 3 rings (SSSR count). The van der Waals surface area contributed by atoms with Crippen molar-refractivity contribution in [2.45, 2.75) is 4.90 Å². The summed E-state index contributed by atoms with van der Waals surface area (Å²) in [5, 5.41) is 3.28. The molecule has 0 saturated carbocycles. The predicted octanol–water partition coefficient (Wildman–Crippen LogP) is 4.06. The summed E-state index contributed by atoms with van der Waals surface area (Å²) in [4.78, 5) is 29.3. The third kappa shape index (κ3) is 3.42. The van der Waals surface area contributed by atoms with E-state index in [4.69, 9.17) is 4.74 Å². The van der Waals surface area contributed by atoms with Crippen LogP contribution in [-0.4, -0.2) is 30.2 Å². The van der Waals surface area contributed by atoms with E-state index in [1.165, 1.54) is 18.4 Å². The van der Waals surface area contributed by atoms with Gasteiger partial charge in [-0.2, -0.15) is 0 Å². The first-order valence-corrected chi connectivity index (χ1v) is 9.09. The number of rotatable bonds is 4. The Bertz CT molecular complexity index is 904. The number of ether oxygens (including phenoxy) is 1. The molecule has 3 aromatic rings. The van der Waals surface area contributed by atoms with Gasteiger partial charge in [-0.25, -0.2) is 9.78 Å². The van der Waals surface area contributed by atoms with Gasteiger partial charge >= 0.3 is 5.97 Å². The SMILES string of the molecule is COC(=O)c1ccc2nc(NC(=O)c3ccc(SC)cc3)sc2c1. The number of nitrogens with zero attached hydrogens (tertiary/aromatic N) is 1. The van der Waals surface area contributed by atoms with Crippen molar-refractivity contribution in [3.8, 4) is 0 Å². The number of methoxy groups -OCH3 is 1. The van der Waals surface area contributed by atoms with Crippen LogP contribution in [0.5, 0.6) is 0 Å². The molecule has 7 heteroatoms. The first-order chi connectivity index (χ1) is 11.6. The van der Waals surface area contributed by atoms with Gasteiger partial charge in [-0.15, -0.1) is 11.8 Å². The fraction of sp³-hybridized carbons (Fsp3) is 0.118. The van der Waals surface area contributed by atoms with Crippen LogP contribution in [0.3, 0.4) is 0 Å². The summed E-state index contributed by atoms with van der Waals surface area (Å²) >= 11 is 2.94. The number of nitrogens with one attached hydrogen (secondary N) is 1. The lowest BCUT2D eigenvalue weighted by Gasteiger charge is -2.02. The van der Waals surface area contributed by atoms with Gasteiger partial charge in [0.15, 0.2) is 5.13 Å². The van der Waals surface area contributed by atoms with Crippen molar-refractivity contribution in [3.05, 3.63) is 53.6 Å². The maximum absolute atomic E-state index is 12.3. The van der Waals surface area contributed by atoms with Crippen molar-refractivity contribution in [2.24, 2.45) is 0 Å². The Labute approximate surface area is 147 Å². The van der Waals surface area contributed by atoms with E-state index in [1.807, 2.05) is 18.4 Å². The average molecular weight is 358 g/mol. The number of thiazole rings is 1. The Kier molecular flexibility index (Phi) is 4.82. The standard InChI is InChI=1S/C17H14N2O3S2/c1-22-16(21)11-5-8-13-14(9-11)24-17(18-13)19-15(20)10-3-6-12(23-2)7-4-10/h3-9H,1-2H3,(H,18,19,20). The van der Waals surface area contributed by atoms with E-state index in [9.17, 15) is 9.59 Å². The van der Waals surface area contributed by atoms with E-state index in [2.05, 4.69) is 10.3 Å². The Morgan fingerprint density at radius 1 is 1.12 bits per heavy atom. The largest absolute Gasteiger partial charge is 0.465 e. The van der Waals surface area contributed by atoms with Crippen LogP contribution in [0.25, 0.3) is 10.2 Å². The molecule has 1 heterocycles. The molecule has 0 unspecified atom stereocenters. The number of aromatic nitrogens is 1. The van der Waals surface area contributed by atoms with E-state index in [0.29, 0.717) is 16.3 Å². The number of fused-ring (bicyclic) bond motifs is 1. The molecule has 24 heavy (non-hydrogen) atoms. The lowest BCUT2D eigenvalue weighted by Crippen LogP contribution is -2.11. The summed E-state index contributed by atoms with van der Waals surface area (Å²) in [5.41, 5.74) is 1.75. The van der Waals surface area contributed by atoms with Crippen molar-refractivity contribution < 1.29 is 14.3 Å². The molecule has 0 atom stereocenters. The fourth-order valence-electron chi connectivity index (χ4n) is 2.13. The van der Waals surface area contributed by atoms with Crippen LogP contribution in [-0.2, 0) is 4.74 Å². The Morgan fingerprint density at radius 2 is 1.83 bits per heavy atom. The second kappa shape index (κ2) is 7.02. The summed E-state index contributed by atoms with van der Waals surface area (Å²) in [5.74, 6) is -0.611. The van der Waals surface area contributed by atoms with Gasteiger partial charge in [-0.1, -0.05) is 11.3 Å². The number of hydrogen-bond acceptors (Lipinski definition) is 6. The van der Waals surface area contributed by atoms with Gasteiger partial charge in [-0.05, 0) is 48.7 Å². The minimum atomic E-state index is -0.398. The van der Waals surface area contributed by atoms with E-state index < -0.39 is 5.97 Å². The monoisotopic (exact) mass is 358 g/mol. The summed E-state index contributed by atoms with van der Waals surface area (Å²) in [7, 11) is 1.34. The van der Waals surface area contributed by atoms with Crippen molar-refractivity contribution in [1.29, 1.82) is 0 Å². The van der Waals surface area contributed by atoms with Crippen LogP contribution in [0.1, 0.15) is 20.7 Å². The van der Waals surface area contributed by atoms with Crippen LogP contribution < -0.4 is 5.32 Å². The van der Waals surface area contributed by atoms with E-state index in [-0.39, 0.29) is 5.91 Å². The number of carbonyl (C=O) groups is 2. The highest BCUT2D eigenvalue weighted by Crippen LogP contribution is 2.27. The first kappa shape index (κ1) is 16.5. The van der Waals surface area contributed by atoms with Crippen molar-refractivity contribution in [3.63, 3.8) is 0 Å². The molecule has 2 aromatic carbocycles. The molecule has 0 aliphatic rings. The number of hydrogen-bond donors (Lipinski definition) is 1. The van der Waals surface area contributed by atoms with Crippen LogP contribution >= 0.6 is 23.1 Å². The molecule has 122 valence electrons. The number of esters is 1. The second-order valence-corrected chi connectivity index (χ2v) is 6.79. The second-order valence-electron chi connectivity index (χ2n) is 4.88. The smallest absolute Gasteiger partial charge is 0.337 e. The number of anilines is 1. The molecule has 5 nitrogen and oxygen atoms in total. The zero-order valence-electron chi connectivity index (χ0n) is 13.0. The highest BCUT2D eigenvalue weighted by atomic mass is 32.2. The van der Waals surface area contributed by atoms with Gasteiger partial charge in [0.05, 0.1) is 22.9 Å². The molecule has 0 fully saturated rings. The summed E-state index contributed by atoms with van der Waals surface area (Å²) < 4.78 is 5.52. The molecule has 1 N–H and O–H groups in total. The van der Waals surface area contributed by atoms with Gasteiger partial charge in [0, 0.05) is 10.5 Å². The van der Waals surface area contributed by atoms with Crippen LogP contribution in [0, 0.1) is 0 Å². The maximum atomic E-state index is 12.3. The molecule has 1 aromatic heterocycles. The van der Waals surface area contributed by atoms with E-state index in [0.717, 1.165) is 15.1 Å². The van der Waals surface area contributed by atoms with E-state index >= 15 is 0 Å². The topological polar surface area (TPSA) is 68.3 Å². The molecule has 0 aliphatic carbocycles. The zero-order chi connectivity index (χ0) is 17.1. The number of benzene rings is 2. The minimum absolute atomic E-state index is 0.213. The van der Waals surface area contributed by atoms with Gasteiger partial charge in [0.1, 0.15) is 0 Å². The van der Waals surface area contributed by atoms with Gasteiger partial charge in [-0.3, -0.25) is 10.1 Å². The maximum Gasteiger partial charge on any atom is 0.337 e. The highest BCUT2D eigenvalue weighted by Gasteiger charge is 2.12. The molecule has 0 aliphatic heterocycles. The first-order valence-electron chi connectivity index (χ1n) is 7.05. The number of thioether (sulfide) groups is 1. The lowest BCUT2D eigenvalue weighted by atomic mass is 10.2. The lowest BCUT2D eigenvalue weighted by molar-refractivity contribution is 0.0601. The predicted molar refractivity (Wildman–Crippen MR) is 97.1 cm³/mol. The minimum Gasteiger partial charge on any atom is -0.465 e. The Balaban J connectivity index is 1.81. The van der Waals surface area contributed by atoms with E-state index in [1.54, 1.807) is 42.1 Å². The van der Waals surface area contributed by atoms with Crippen LogP contribution in [0.4, 0.5) is 5.13 Å². The van der Waals surface area contributed by atoms with Crippen LogP contribution in [0.15, 0.2) is 47.4 Å². The average Bonchev–Trinajstić information content (AvgIpc) is 3.02. The normalized spacial score (nSPS) is 10.6. The van der Waals surface area contributed by atoms with Gasteiger partial charge in [0.2, 0.25) is 0 Å². The molecular formula is C17H14N2O3S2. The molecule has 0 bridgehead atoms. The fourth-order valence-corrected chi connectivity index (χ4v) is 3.44. The quantitative estimate of drug-likeness (QED) is 0.563. The summed E-state index contributed by atoms with van der Waals surface area (Å²) in [6, 6.07) is 12.5. The molecular weight excluding hydrogens is 344 g/mol. The van der Waals surface area contributed by atoms with Gasteiger partial charge < -0.3 is 4.74 Å². The molecule has 1 amide bonds. The highest BCUT2D eigenvalue weighted by molar-refractivity contribution is 7.98. The molecule has 0 saturated heterocycles. The summed E-state index contributed by atoms with van der Waals surface area (Å²) in [6.45, 7) is 0. The van der Waals surface area contributed by atoms with Crippen molar-refractivity contribution in [1.82, 2.24) is 4.98 Å². The third-order valence-corrected chi connectivity index (χ3v) is 5.06. The Morgan fingerprint density at radius 3 is 2.50 bits per heavy atom. The van der Waals surface area contributed by atoms with Gasteiger partial charge in [0.25, 0.3) is 5.91 Å². The molecule has 0 radical (unpaired) electrons. The Hall–Kier alpha value is -2.38. The van der Waals surface area contributed by atoms with Crippen molar-refractivity contribution >= 4 is 50.3 Å². The zero-order valence-corrected chi connectivity index (χ0v) is 14.7. The number of amides is 1. The van der Waals surface area contributed by atoms with Crippen molar-refractivity contribution in [2.75, 3.05) is 18.7 Å². The molecule has 0 spiro atoms. The van der Waals surface area contributed by atoms with Crippen LogP contribution in [0.2, 0.25) is 0 Å². The third-order valence-electron chi connectivity index (χ3n) is 3.38.